The highest BCUT2D eigenvalue weighted by Gasteiger charge is 2.19. The second-order valence-corrected chi connectivity index (χ2v) is 5.18. The van der Waals surface area contributed by atoms with Crippen LogP contribution in [0.5, 0.6) is 0 Å². The molecule has 1 saturated heterocycles. The average Bonchev–Trinajstić information content (AvgIpc) is 2.45. The monoisotopic (exact) mass is 267 g/mol. The zero-order valence-electron chi connectivity index (χ0n) is 11.4. The molecule has 1 N–H and O–H groups in total. The standard InChI is InChI=1S/C15H22FNO2/c1-17(14-6-9-19-10-7-14)8-5-15(18)12-3-2-4-13(16)11-12/h2-4,11,14-15,18H,5-10H2,1H3. The van der Waals surface area contributed by atoms with Crippen molar-refractivity contribution in [3.8, 4) is 0 Å². The third-order valence-corrected chi connectivity index (χ3v) is 3.80. The molecule has 1 aliphatic rings. The molecule has 0 amide bonds. The fourth-order valence-corrected chi connectivity index (χ4v) is 2.51. The van der Waals surface area contributed by atoms with E-state index < -0.39 is 6.10 Å². The van der Waals surface area contributed by atoms with Crippen molar-refractivity contribution in [1.29, 1.82) is 0 Å². The molecule has 1 unspecified atom stereocenters. The van der Waals surface area contributed by atoms with Crippen molar-refractivity contribution in [3.63, 3.8) is 0 Å². The molecule has 1 atom stereocenters. The summed E-state index contributed by atoms with van der Waals surface area (Å²) in [5, 5.41) is 10.1. The highest BCUT2D eigenvalue weighted by molar-refractivity contribution is 5.18. The van der Waals surface area contributed by atoms with E-state index in [1.54, 1.807) is 12.1 Å². The van der Waals surface area contributed by atoms with Gasteiger partial charge in [0.05, 0.1) is 6.10 Å². The number of aliphatic hydroxyl groups is 1. The van der Waals surface area contributed by atoms with E-state index in [-0.39, 0.29) is 5.82 Å². The summed E-state index contributed by atoms with van der Waals surface area (Å²) in [6.45, 7) is 2.45. The van der Waals surface area contributed by atoms with Gasteiger partial charge in [-0.1, -0.05) is 12.1 Å². The molecule has 2 rings (SSSR count). The zero-order chi connectivity index (χ0) is 13.7. The summed E-state index contributed by atoms with van der Waals surface area (Å²) in [5.74, 6) is -0.297. The quantitative estimate of drug-likeness (QED) is 0.889. The molecule has 1 fully saturated rings. The largest absolute Gasteiger partial charge is 0.388 e. The first kappa shape index (κ1) is 14.4. The summed E-state index contributed by atoms with van der Waals surface area (Å²) in [4.78, 5) is 2.27. The third-order valence-electron chi connectivity index (χ3n) is 3.80. The van der Waals surface area contributed by atoms with Crippen LogP contribution in [0.3, 0.4) is 0 Å². The lowest BCUT2D eigenvalue weighted by Crippen LogP contribution is -2.37. The van der Waals surface area contributed by atoms with Crippen molar-refractivity contribution in [3.05, 3.63) is 35.6 Å². The van der Waals surface area contributed by atoms with Crippen LogP contribution in [0.15, 0.2) is 24.3 Å². The molecule has 1 aromatic carbocycles. The summed E-state index contributed by atoms with van der Waals surface area (Å²) in [5.41, 5.74) is 0.653. The molecular formula is C15H22FNO2. The van der Waals surface area contributed by atoms with Gasteiger partial charge in [0.15, 0.2) is 0 Å². The van der Waals surface area contributed by atoms with Crippen LogP contribution in [0.1, 0.15) is 30.9 Å². The smallest absolute Gasteiger partial charge is 0.123 e. The Morgan fingerprint density at radius 2 is 2.16 bits per heavy atom. The first-order valence-electron chi connectivity index (χ1n) is 6.88. The maximum Gasteiger partial charge on any atom is 0.123 e. The molecule has 3 nitrogen and oxygen atoms in total. The molecule has 0 aromatic heterocycles. The van der Waals surface area contributed by atoms with Gasteiger partial charge >= 0.3 is 0 Å². The second-order valence-electron chi connectivity index (χ2n) is 5.18. The molecule has 106 valence electrons. The Bertz CT molecular complexity index is 393. The number of hydrogen-bond donors (Lipinski definition) is 1. The van der Waals surface area contributed by atoms with Gasteiger partial charge in [0.1, 0.15) is 5.82 Å². The van der Waals surface area contributed by atoms with Crippen molar-refractivity contribution in [2.45, 2.75) is 31.4 Å². The SMILES string of the molecule is CN(CCC(O)c1cccc(F)c1)C1CCOCC1. The van der Waals surface area contributed by atoms with Crippen LogP contribution in [-0.2, 0) is 4.74 Å². The molecule has 19 heavy (non-hydrogen) atoms. The van der Waals surface area contributed by atoms with Gasteiger partial charge in [-0.3, -0.25) is 0 Å². The van der Waals surface area contributed by atoms with E-state index in [9.17, 15) is 9.50 Å². The van der Waals surface area contributed by atoms with Crippen LogP contribution in [-0.4, -0.2) is 42.9 Å². The van der Waals surface area contributed by atoms with Crippen molar-refractivity contribution in [1.82, 2.24) is 4.90 Å². The molecule has 0 saturated carbocycles. The number of rotatable bonds is 5. The maximum atomic E-state index is 13.1. The van der Waals surface area contributed by atoms with Crippen LogP contribution in [0.25, 0.3) is 0 Å². The van der Waals surface area contributed by atoms with E-state index in [1.165, 1.54) is 12.1 Å². The molecule has 1 aliphatic heterocycles. The Hall–Kier alpha value is -0.970. The lowest BCUT2D eigenvalue weighted by atomic mass is 10.0. The minimum Gasteiger partial charge on any atom is -0.388 e. The zero-order valence-corrected chi connectivity index (χ0v) is 11.4. The van der Waals surface area contributed by atoms with Gasteiger partial charge in [0.25, 0.3) is 0 Å². The maximum absolute atomic E-state index is 13.1. The third kappa shape index (κ3) is 4.27. The lowest BCUT2D eigenvalue weighted by molar-refractivity contribution is 0.0376. The molecular weight excluding hydrogens is 245 g/mol. The van der Waals surface area contributed by atoms with Gasteiger partial charge in [-0.15, -0.1) is 0 Å². The van der Waals surface area contributed by atoms with Crippen molar-refractivity contribution in [2.75, 3.05) is 26.8 Å². The van der Waals surface area contributed by atoms with E-state index in [0.29, 0.717) is 18.0 Å². The van der Waals surface area contributed by atoms with E-state index in [1.807, 2.05) is 0 Å². The lowest BCUT2D eigenvalue weighted by Gasteiger charge is -2.31. The van der Waals surface area contributed by atoms with Gasteiger partial charge in [-0.05, 0) is 44.0 Å². The van der Waals surface area contributed by atoms with Crippen LogP contribution < -0.4 is 0 Å². The van der Waals surface area contributed by atoms with Crippen molar-refractivity contribution < 1.29 is 14.2 Å². The summed E-state index contributed by atoms with van der Waals surface area (Å²) in [7, 11) is 2.08. The first-order chi connectivity index (χ1) is 9.16. The van der Waals surface area contributed by atoms with Crippen LogP contribution >= 0.6 is 0 Å². The van der Waals surface area contributed by atoms with Crippen molar-refractivity contribution >= 4 is 0 Å². The van der Waals surface area contributed by atoms with E-state index >= 15 is 0 Å². The van der Waals surface area contributed by atoms with E-state index in [2.05, 4.69) is 11.9 Å². The predicted octanol–water partition coefficient (Wildman–Crippen LogP) is 2.36. The Balaban J connectivity index is 1.80. The molecule has 4 heteroatoms. The fraction of sp³-hybridized carbons (Fsp3) is 0.600. The number of aliphatic hydroxyl groups excluding tert-OH is 1. The summed E-state index contributed by atoms with van der Waals surface area (Å²) < 4.78 is 18.4. The fourth-order valence-electron chi connectivity index (χ4n) is 2.51. The van der Waals surface area contributed by atoms with Gasteiger partial charge in [-0.2, -0.15) is 0 Å². The first-order valence-corrected chi connectivity index (χ1v) is 6.88. The van der Waals surface area contributed by atoms with Crippen LogP contribution in [0.4, 0.5) is 4.39 Å². The summed E-state index contributed by atoms with van der Waals surface area (Å²) in [6, 6.07) is 6.73. The van der Waals surface area contributed by atoms with Gasteiger partial charge in [0.2, 0.25) is 0 Å². The van der Waals surface area contributed by atoms with Gasteiger partial charge < -0.3 is 14.7 Å². The second kappa shape index (κ2) is 6.98. The normalized spacial score (nSPS) is 18.7. The highest BCUT2D eigenvalue weighted by Crippen LogP contribution is 2.19. The number of benzene rings is 1. The number of hydrogen-bond acceptors (Lipinski definition) is 3. The molecule has 0 radical (unpaired) electrons. The number of nitrogens with zero attached hydrogens (tertiary/aromatic N) is 1. The predicted molar refractivity (Wildman–Crippen MR) is 72.4 cm³/mol. The van der Waals surface area contributed by atoms with Gasteiger partial charge in [-0.25, -0.2) is 4.39 Å². The minimum atomic E-state index is -0.599. The van der Waals surface area contributed by atoms with Crippen LogP contribution in [0, 0.1) is 5.82 Å². The molecule has 0 spiro atoms. The van der Waals surface area contributed by atoms with Crippen LogP contribution in [0.2, 0.25) is 0 Å². The molecule has 0 aliphatic carbocycles. The Labute approximate surface area is 114 Å². The Morgan fingerprint density at radius 3 is 2.84 bits per heavy atom. The molecule has 1 heterocycles. The topological polar surface area (TPSA) is 32.7 Å². The number of halogens is 1. The molecule has 0 bridgehead atoms. The molecule has 1 aromatic rings. The van der Waals surface area contributed by atoms with E-state index in [0.717, 1.165) is 32.6 Å². The Morgan fingerprint density at radius 1 is 1.42 bits per heavy atom. The average molecular weight is 267 g/mol. The Kier molecular flexibility index (Phi) is 5.31. The van der Waals surface area contributed by atoms with E-state index in [4.69, 9.17) is 4.74 Å². The number of ether oxygens (including phenoxy) is 1. The summed E-state index contributed by atoms with van der Waals surface area (Å²) in [6.07, 6.45) is 2.12. The summed E-state index contributed by atoms with van der Waals surface area (Å²) >= 11 is 0. The van der Waals surface area contributed by atoms with Gasteiger partial charge in [0, 0.05) is 25.8 Å². The minimum absolute atomic E-state index is 0.297. The highest BCUT2D eigenvalue weighted by atomic mass is 19.1. The van der Waals surface area contributed by atoms with Crippen molar-refractivity contribution in [2.24, 2.45) is 0 Å².